The summed E-state index contributed by atoms with van der Waals surface area (Å²) in [6.07, 6.45) is 1.55. The van der Waals surface area contributed by atoms with Crippen LogP contribution in [0.4, 0.5) is 11.4 Å². The lowest BCUT2D eigenvalue weighted by Gasteiger charge is -2.16. The molecule has 2 amide bonds. The second kappa shape index (κ2) is 13.2. The molecule has 0 saturated carbocycles. The minimum atomic E-state index is -0.509. The molecule has 0 atom stereocenters. The van der Waals surface area contributed by atoms with Crippen LogP contribution in [0.2, 0.25) is 0 Å². The SMILES string of the molecule is CCNC(=O)/C(C#N)=c1\s/c(=C/Nc2cccc(NC(=O)CN(C)Cc3ccccc3)c2)c(=O)n1CC. The van der Waals surface area contributed by atoms with E-state index in [0.717, 1.165) is 16.9 Å². The van der Waals surface area contributed by atoms with Crippen molar-refractivity contribution in [1.82, 2.24) is 14.8 Å². The van der Waals surface area contributed by atoms with E-state index in [4.69, 9.17) is 0 Å². The number of rotatable bonds is 10. The van der Waals surface area contributed by atoms with Crippen LogP contribution in [0.15, 0.2) is 59.4 Å². The summed E-state index contributed by atoms with van der Waals surface area (Å²) in [5, 5.41) is 18.1. The van der Waals surface area contributed by atoms with Crippen LogP contribution >= 0.6 is 11.3 Å². The van der Waals surface area contributed by atoms with Gasteiger partial charge in [-0.25, -0.2) is 0 Å². The number of aromatic nitrogens is 1. The molecule has 0 bridgehead atoms. The van der Waals surface area contributed by atoms with E-state index in [1.165, 1.54) is 4.57 Å². The number of likely N-dealkylation sites (N-methyl/N-ethyl adjacent to an activating group) is 1. The smallest absolute Gasteiger partial charge is 0.270 e. The second-order valence-electron chi connectivity index (χ2n) is 8.24. The van der Waals surface area contributed by atoms with Gasteiger partial charge in [0.05, 0.1) is 6.54 Å². The van der Waals surface area contributed by atoms with Crippen molar-refractivity contribution >= 4 is 46.3 Å². The second-order valence-corrected chi connectivity index (χ2v) is 9.27. The molecule has 9 nitrogen and oxygen atoms in total. The maximum atomic E-state index is 12.9. The van der Waals surface area contributed by atoms with Crippen molar-refractivity contribution in [2.45, 2.75) is 26.9 Å². The summed E-state index contributed by atoms with van der Waals surface area (Å²) in [4.78, 5) is 39.6. The number of amides is 2. The summed E-state index contributed by atoms with van der Waals surface area (Å²) >= 11 is 1.08. The van der Waals surface area contributed by atoms with Gasteiger partial charge >= 0.3 is 0 Å². The predicted molar refractivity (Wildman–Crippen MR) is 147 cm³/mol. The van der Waals surface area contributed by atoms with Gasteiger partial charge in [-0.3, -0.25) is 23.9 Å². The number of thiazole rings is 1. The van der Waals surface area contributed by atoms with E-state index in [-0.39, 0.29) is 23.6 Å². The summed E-state index contributed by atoms with van der Waals surface area (Å²) in [5.41, 5.74) is 2.03. The molecular formula is C27H30N6O3S. The molecule has 3 aromatic rings. The zero-order chi connectivity index (χ0) is 26.8. The number of hydrogen-bond acceptors (Lipinski definition) is 7. The summed E-state index contributed by atoms with van der Waals surface area (Å²) in [6.45, 7) is 5.14. The number of carbonyl (C=O) groups excluding carboxylic acids is 2. The Morgan fingerprint density at radius 1 is 1.11 bits per heavy atom. The van der Waals surface area contributed by atoms with Crippen molar-refractivity contribution in [1.29, 1.82) is 5.26 Å². The number of benzene rings is 2. The van der Waals surface area contributed by atoms with E-state index in [0.29, 0.717) is 40.2 Å². The van der Waals surface area contributed by atoms with Crippen molar-refractivity contribution in [2.24, 2.45) is 0 Å². The van der Waals surface area contributed by atoms with Crippen molar-refractivity contribution in [2.75, 3.05) is 30.8 Å². The Morgan fingerprint density at radius 2 is 1.84 bits per heavy atom. The van der Waals surface area contributed by atoms with Gasteiger partial charge in [-0.2, -0.15) is 5.26 Å². The number of nitrogens with one attached hydrogen (secondary N) is 3. The Labute approximate surface area is 219 Å². The Hall–Kier alpha value is -4.20. The van der Waals surface area contributed by atoms with Gasteiger partial charge in [-0.15, -0.1) is 11.3 Å². The van der Waals surface area contributed by atoms with E-state index in [2.05, 4.69) is 16.0 Å². The average Bonchev–Trinajstić information content (AvgIpc) is 3.18. The highest BCUT2D eigenvalue weighted by molar-refractivity contribution is 7.07. The molecule has 0 aliphatic heterocycles. The monoisotopic (exact) mass is 518 g/mol. The largest absolute Gasteiger partial charge is 0.360 e. The Morgan fingerprint density at radius 3 is 2.51 bits per heavy atom. The molecule has 3 rings (SSSR count). The first-order valence-electron chi connectivity index (χ1n) is 11.9. The number of nitrogens with zero attached hydrogens (tertiary/aromatic N) is 3. The van der Waals surface area contributed by atoms with Crippen LogP contribution in [0.1, 0.15) is 19.4 Å². The number of carbonyl (C=O) groups is 2. The minimum Gasteiger partial charge on any atom is -0.360 e. The Kier molecular flexibility index (Phi) is 9.77. The molecule has 0 spiro atoms. The summed E-state index contributed by atoms with van der Waals surface area (Å²) < 4.78 is 2.08. The van der Waals surface area contributed by atoms with Gasteiger partial charge < -0.3 is 16.0 Å². The van der Waals surface area contributed by atoms with Gasteiger partial charge in [0.15, 0.2) is 5.57 Å². The fourth-order valence-corrected chi connectivity index (χ4v) is 4.76. The first kappa shape index (κ1) is 27.4. The van der Waals surface area contributed by atoms with E-state index < -0.39 is 5.91 Å². The normalized spacial score (nSPS) is 12.1. The molecule has 0 unspecified atom stereocenters. The van der Waals surface area contributed by atoms with Gasteiger partial charge in [0.2, 0.25) is 5.91 Å². The van der Waals surface area contributed by atoms with Crippen molar-refractivity contribution in [3.8, 4) is 6.07 Å². The topological polar surface area (TPSA) is 119 Å². The Balaban J connectivity index is 1.75. The molecule has 1 heterocycles. The van der Waals surface area contributed by atoms with Crippen LogP contribution in [-0.4, -0.2) is 41.4 Å². The lowest BCUT2D eigenvalue weighted by molar-refractivity contribution is -0.117. The van der Waals surface area contributed by atoms with E-state index >= 15 is 0 Å². The van der Waals surface area contributed by atoms with Crippen molar-refractivity contribution in [3.63, 3.8) is 0 Å². The highest BCUT2D eigenvalue weighted by atomic mass is 32.1. The fourth-order valence-electron chi connectivity index (χ4n) is 3.67. The van der Waals surface area contributed by atoms with Crippen molar-refractivity contribution < 1.29 is 9.59 Å². The zero-order valence-corrected chi connectivity index (χ0v) is 21.9. The molecule has 0 fully saturated rings. The highest BCUT2D eigenvalue weighted by Gasteiger charge is 2.14. The average molecular weight is 519 g/mol. The van der Waals surface area contributed by atoms with Crippen molar-refractivity contribution in [3.05, 3.63) is 79.7 Å². The minimum absolute atomic E-state index is 0.0904. The first-order chi connectivity index (χ1) is 17.9. The molecule has 2 aromatic carbocycles. The molecule has 0 aliphatic carbocycles. The number of nitriles is 1. The maximum absolute atomic E-state index is 12.9. The van der Waals surface area contributed by atoms with Crippen LogP contribution in [-0.2, 0) is 22.7 Å². The lowest BCUT2D eigenvalue weighted by Crippen LogP contribution is -2.34. The third-order valence-corrected chi connectivity index (χ3v) is 6.47. The van der Waals surface area contributed by atoms with E-state index in [1.807, 2.05) is 54.4 Å². The molecular weight excluding hydrogens is 488 g/mol. The highest BCUT2D eigenvalue weighted by Crippen LogP contribution is 2.15. The molecule has 0 saturated heterocycles. The number of hydrogen-bond donors (Lipinski definition) is 3. The van der Waals surface area contributed by atoms with Crippen LogP contribution in [0.5, 0.6) is 0 Å². The lowest BCUT2D eigenvalue weighted by atomic mass is 10.2. The molecule has 192 valence electrons. The Bertz CT molecular complexity index is 1470. The summed E-state index contributed by atoms with van der Waals surface area (Å²) in [5.74, 6) is -0.649. The summed E-state index contributed by atoms with van der Waals surface area (Å²) in [6, 6.07) is 19.0. The number of anilines is 2. The standard InChI is InChI=1S/C27H30N6O3S/c1-4-29-25(35)22(15-28)27-33(5-2)26(36)23(37-27)16-30-20-12-9-13-21(14-20)31-24(34)18-32(3)17-19-10-7-6-8-11-19/h6-14,16,30H,4-5,17-18H2,1-3H3,(H,29,35)(H,31,34)/b23-16+,27-22-. The first-order valence-corrected chi connectivity index (χ1v) is 12.7. The molecule has 0 radical (unpaired) electrons. The van der Waals surface area contributed by atoms with Gasteiger partial charge in [0, 0.05) is 37.2 Å². The fraction of sp³-hybridized carbons (Fsp3) is 0.259. The molecule has 3 N–H and O–H groups in total. The van der Waals surface area contributed by atoms with Crippen LogP contribution < -0.4 is 30.7 Å². The van der Waals surface area contributed by atoms with Crippen LogP contribution in [0.25, 0.3) is 11.8 Å². The van der Waals surface area contributed by atoms with Crippen LogP contribution in [0, 0.1) is 11.3 Å². The van der Waals surface area contributed by atoms with Gasteiger partial charge in [-0.05, 0) is 44.7 Å². The van der Waals surface area contributed by atoms with Gasteiger partial charge in [0.25, 0.3) is 11.5 Å². The third-order valence-electron chi connectivity index (χ3n) is 5.34. The quantitative estimate of drug-likeness (QED) is 0.376. The third kappa shape index (κ3) is 7.39. The van der Waals surface area contributed by atoms with Crippen LogP contribution in [0.3, 0.4) is 0 Å². The zero-order valence-electron chi connectivity index (χ0n) is 21.1. The summed E-state index contributed by atoms with van der Waals surface area (Å²) in [7, 11) is 1.89. The van der Waals surface area contributed by atoms with Gasteiger partial charge in [0.1, 0.15) is 15.3 Å². The van der Waals surface area contributed by atoms with E-state index in [9.17, 15) is 19.6 Å². The molecule has 0 aliphatic rings. The predicted octanol–water partition coefficient (Wildman–Crippen LogP) is 1.66. The molecule has 1 aromatic heterocycles. The maximum Gasteiger partial charge on any atom is 0.270 e. The molecule has 37 heavy (non-hydrogen) atoms. The van der Waals surface area contributed by atoms with Gasteiger partial charge in [-0.1, -0.05) is 36.4 Å². The van der Waals surface area contributed by atoms with E-state index in [1.54, 1.807) is 38.2 Å². The molecule has 10 heteroatoms.